The third kappa shape index (κ3) is 4.97. The van der Waals surface area contributed by atoms with Gasteiger partial charge in [0.1, 0.15) is 5.82 Å². The first-order valence-corrected chi connectivity index (χ1v) is 13.2. The molecule has 6 rings (SSSR count). The summed E-state index contributed by atoms with van der Waals surface area (Å²) in [6.07, 6.45) is 5.17. The summed E-state index contributed by atoms with van der Waals surface area (Å²) in [6.45, 7) is 1.93. The summed E-state index contributed by atoms with van der Waals surface area (Å²) >= 11 is 0. The summed E-state index contributed by atoms with van der Waals surface area (Å²) in [5.41, 5.74) is 4.12. The average molecular weight is 561 g/mol. The lowest BCUT2D eigenvalue weighted by atomic mass is 9.97. The van der Waals surface area contributed by atoms with Crippen LogP contribution < -0.4 is 20.9 Å². The fourth-order valence-electron chi connectivity index (χ4n) is 5.33. The van der Waals surface area contributed by atoms with Crippen LogP contribution in [0.2, 0.25) is 0 Å². The van der Waals surface area contributed by atoms with E-state index in [1.54, 1.807) is 25.5 Å². The molecule has 41 heavy (non-hydrogen) atoms. The lowest BCUT2D eigenvalue weighted by Crippen LogP contribution is -2.28. The SMILES string of the molecule is CNC(=O)c1nnc(NC(=O)c2ccn(C)n2)cc1Nc1cc(F)cc2c1N(C)Cc1c-2cnn1C1CCOCC1. The van der Waals surface area contributed by atoms with E-state index >= 15 is 4.39 Å². The summed E-state index contributed by atoms with van der Waals surface area (Å²) < 4.78 is 24.2. The van der Waals surface area contributed by atoms with E-state index in [0.717, 1.165) is 29.8 Å². The number of amides is 2. The maximum absolute atomic E-state index is 15.1. The number of nitrogens with zero attached hydrogens (tertiary/aromatic N) is 7. The van der Waals surface area contributed by atoms with Crippen LogP contribution in [0.5, 0.6) is 0 Å². The van der Waals surface area contributed by atoms with Gasteiger partial charge in [-0.1, -0.05) is 0 Å². The maximum Gasteiger partial charge on any atom is 0.277 e. The molecular weight excluding hydrogens is 531 g/mol. The van der Waals surface area contributed by atoms with Gasteiger partial charge in [-0.25, -0.2) is 4.39 Å². The number of carbonyl (C=O) groups is 2. The first-order valence-electron chi connectivity index (χ1n) is 13.2. The molecule has 2 aliphatic rings. The second-order valence-corrected chi connectivity index (χ2v) is 10.0. The fourth-order valence-corrected chi connectivity index (χ4v) is 5.33. The third-order valence-corrected chi connectivity index (χ3v) is 7.26. The quantitative estimate of drug-likeness (QED) is 0.324. The predicted octanol–water partition coefficient (Wildman–Crippen LogP) is 2.87. The normalized spacial score (nSPS) is 14.8. The van der Waals surface area contributed by atoms with Crippen LogP contribution in [-0.4, -0.2) is 68.9 Å². The number of fused-ring (bicyclic) bond motifs is 3. The van der Waals surface area contributed by atoms with Crippen LogP contribution in [0.3, 0.4) is 0 Å². The lowest BCUT2D eigenvalue weighted by molar-refractivity contribution is 0.0654. The summed E-state index contributed by atoms with van der Waals surface area (Å²) in [5.74, 6) is -1.36. The van der Waals surface area contributed by atoms with Gasteiger partial charge in [-0.3, -0.25) is 19.0 Å². The zero-order valence-electron chi connectivity index (χ0n) is 22.8. The standard InChI is InChI=1S/C27H29FN10O3/c1-29-27(40)24-20(12-23(33-34-24)32-26(39)19-4-7-37(3)35-19)31-21-11-15(28)10-17-18-13-30-38(16-5-8-41-9-6-16)22(18)14-36(2)25(17)21/h4,7,10-13,16H,5-6,8-9,14H2,1-3H3,(H,29,40)(H2,31,32,33,39). The van der Waals surface area contributed by atoms with Gasteiger partial charge < -0.3 is 25.6 Å². The number of aromatic nitrogens is 6. The Morgan fingerprint density at radius 1 is 1.05 bits per heavy atom. The molecule has 0 atom stereocenters. The van der Waals surface area contributed by atoms with Gasteiger partial charge in [-0.05, 0) is 31.0 Å². The van der Waals surface area contributed by atoms with Gasteiger partial charge in [0.2, 0.25) is 0 Å². The number of halogens is 1. The molecule has 0 unspecified atom stereocenters. The average Bonchev–Trinajstić information content (AvgIpc) is 3.59. The van der Waals surface area contributed by atoms with Crippen LogP contribution in [0.1, 0.15) is 45.6 Å². The molecule has 14 heteroatoms. The third-order valence-electron chi connectivity index (χ3n) is 7.26. The molecule has 2 amide bonds. The van der Waals surface area contributed by atoms with Gasteiger partial charge in [0, 0.05) is 57.7 Å². The van der Waals surface area contributed by atoms with E-state index in [9.17, 15) is 9.59 Å². The second kappa shape index (κ2) is 10.6. The molecule has 1 aromatic carbocycles. The summed E-state index contributed by atoms with van der Waals surface area (Å²) in [4.78, 5) is 27.3. The van der Waals surface area contributed by atoms with Crippen LogP contribution in [0, 0.1) is 5.82 Å². The molecule has 0 saturated carbocycles. The van der Waals surface area contributed by atoms with Crippen molar-refractivity contribution in [3.8, 4) is 11.1 Å². The smallest absolute Gasteiger partial charge is 0.277 e. The highest BCUT2D eigenvalue weighted by atomic mass is 19.1. The molecule has 0 spiro atoms. The number of anilines is 4. The van der Waals surface area contributed by atoms with Crippen LogP contribution in [0.15, 0.2) is 36.7 Å². The summed E-state index contributed by atoms with van der Waals surface area (Å²) in [5, 5.41) is 25.2. The molecule has 2 aliphatic heterocycles. The number of hydrogen-bond donors (Lipinski definition) is 3. The van der Waals surface area contributed by atoms with Crippen LogP contribution in [-0.2, 0) is 18.3 Å². The van der Waals surface area contributed by atoms with Gasteiger partial charge in [-0.15, -0.1) is 10.2 Å². The van der Waals surface area contributed by atoms with Gasteiger partial charge in [0.05, 0.1) is 41.5 Å². The van der Waals surface area contributed by atoms with Crippen molar-refractivity contribution in [2.45, 2.75) is 25.4 Å². The fraction of sp³-hybridized carbons (Fsp3) is 0.333. The van der Waals surface area contributed by atoms with E-state index in [-0.39, 0.29) is 28.9 Å². The number of rotatable bonds is 6. The summed E-state index contributed by atoms with van der Waals surface area (Å²) in [6, 6.07) is 6.13. The highest BCUT2D eigenvalue weighted by molar-refractivity contribution is 6.04. The van der Waals surface area contributed by atoms with E-state index in [2.05, 4.69) is 36.3 Å². The summed E-state index contributed by atoms with van der Waals surface area (Å²) in [7, 11) is 5.10. The molecular formula is C27H29FN10O3. The van der Waals surface area contributed by atoms with Gasteiger partial charge >= 0.3 is 0 Å². The Labute approximate surface area is 234 Å². The van der Waals surface area contributed by atoms with Crippen molar-refractivity contribution in [3.05, 3.63) is 59.6 Å². The van der Waals surface area contributed by atoms with Crippen molar-refractivity contribution < 1.29 is 18.7 Å². The predicted molar refractivity (Wildman–Crippen MR) is 149 cm³/mol. The molecule has 3 N–H and O–H groups in total. The molecule has 0 radical (unpaired) electrons. The Balaban J connectivity index is 1.37. The monoisotopic (exact) mass is 560 g/mol. The van der Waals surface area contributed by atoms with Gasteiger partial charge in [0.25, 0.3) is 11.8 Å². The van der Waals surface area contributed by atoms with Gasteiger partial charge in [-0.2, -0.15) is 10.2 Å². The second-order valence-electron chi connectivity index (χ2n) is 10.0. The largest absolute Gasteiger partial charge is 0.381 e. The molecule has 4 aromatic rings. The van der Waals surface area contributed by atoms with E-state index in [0.29, 0.717) is 31.0 Å². The molecule has 0 bridgehead atoms. The molecule has 13 nitrogen and oxygen atoms in total. The Hall–Kier alpha value is -4.85. The Bertz CT molecular complexity index is 1640. The Kier molecular flexibility index (Phi) is 6.83. The first kappa shape index (κ1) is 26.4. The molecule has 212 valence electrons. The number of carbonyl (C=O) groups excluding carboxylic acids is 2. The van der Waals surface area contributed by atoms with Crippen molar-refractivity contribution in [1.29, 1.82) is 0 Å². The van der Waals surface area contributed by atoms with Crippen molar-refractivity contribution in [1.82, 2.24) is 35.1 Å². The molecule has 5 heterocycles. The highest BCUT2D eigenvalue weighted by Gasteiger charge is 2.30. The minimum absolute atomic E-state index is 0.0205. The van der Waals surface area contributed by atoms with Crippen LogP contribution >= 0.6 is 0 Å². The van der Waals surface area contributed by atoms with E-state index < -0.39 is 17.6 Å². The minimum Gasteiger partial charge on any atom is -0.381 e. The van der Waals surface area contributed by atoms with Crippen molar-refractivity contribution in [3.63, 3.8) is 0 Å². The zero-order valence-corrected chi connectivity index (χ0v) is 22.8. The van der Waals surface area contributed by atoms with Crippen molar-refractivity contribution in [2.24, 2.45) is 7.05 Å². The first-order chi connectivity index (χ1) is 19.8. The number of ether oxygens (including phenoxy) is 1. The van der Waals surface area contributed by atoms with Crippen molar-refractivity contribution in [2.75, 3.05) is 42.8 Å². The van der Waals surface area contributed by atoms with Crippen LogP contribution in [0.4, 0.5) is 27.3 Å². The molecule has 1 fully saturated rings. The Morgan fingerprint density at radius 2 is 1.85 bits per heavy atom. The van der Waals surface area contributed by atoms with Crippen molar-refractivity contribution >= 4 is 34.7 Å². The molecule has 3 aromatic heterocycles. The zero-order chi connectivity index (χ0) is 28.7. The highest BCUT2D eigenvalue weighted by Crippen LogP contribution is 2.45. The molecule has 0 aliphatic carbocycles. The van der Waals surface area contributed by atoms with Crippen LogP contribution in [0.25, 0.3) is 11.1 Å². The number of benzene rings is 1. The molecule has 1 saturated heterocycles. The minimum atomic E-state index is -0.499. The number of hydrogen-bond acceptors (Lipinski definition) is 9. The maximum atomic E-state index is 15.1. The lowest BCUT2D eigenvalue weighted by Gasteiger charge is -2.32. The van der Waals surface area contributed by atoms with E-state index in [4.69, 9.17) is 4.74 Å². The number of aryl methyl sites for hydroxylation is 1. The topological polar surface area (TPSA) is 144 Å². The Morgan fingerprint density at radius 3 is 2.59 bits per heavy atom. The van der Waals surface area contributed by atoms with E-state index in [1.165, 1.54) is 29.9 Å². The van der Waals surface area contributed by atoms with Gasteiger partial charge in [0.15, 0.2) is 17.2 Å². The number of nitrogens with one attached hydrogen (secondary N) is 3. The van der Waals surface area contributed by atoms with E-state index in [1.807, 2.05) is 16.6 Å².